The van der Waals surface area contributed by atoms with Crippen LogP contribution in [-0.2, 0) is 20.9 Å². The standard InChI is InChI=1S/C30H37FN8O3S/c1-4-36-13-15-37(16-14-36)20-22-9-12-28(32-18-22)39(42-43(3,40)41)30-33-19-25(31)29(35-30)23-10-11-26-27(17-23)38(21(2)34-26)24-7-5-6-8-24/h9-12,17-19,24H,4-8,13-16,20H2,1-3H3. The zero-order chi connectivity index (χ0) is 30.1. The van der Waals surface area contributed by atoms with Crippen molar-refractivity contribution in [3.05, 3.63) is 59.9 Å². The Morgan fingerprint density at radius 3 is 2.42 bits per heavy atom. The number of aryl methyl sites for hydroxylation is 1. The first-order chi connectivity index (χ1) is 20.7. The lowest BCUT2D eigenvalue weighted by Gasteiger charge is -2.34. The highest BCUT2D eigenvalue weighted by Gasteiger charge is 2.25. The van der Waals surface area contributed by atoms with Crippen LogP contribution in [0.4, 0.5) is 16.2 Å². The van der Waals surface area contributed by atoms with Gasteiger partial charge in [-0.15, -0.1) is 9.35 Å². The molecule has 0 radical (unpaired) electrons. The van der Waals surface area contributed by atoms with Gasteiger partial charge in [-0.3, -0.25) is 4.90 Å². The van der Waals surface area contributed by atoms with Crippen LogP contribution in [0.15, 0.2) is 42.7 Å². The first-order valence-corrected chi connectivity index (χ1v) is 16.6. The smallest absolute Gasteiger partial charge is 0.285 e. The van der Waals surface area contributed by atoms with Gasteiger partial charge in [0.1, 0.15) is 11.5 Å². The summed E-state index contributed by atoms with van der Waals surface area (Å²) in [6.45, 7) is 9.93. The van der Waals surface area contributed by atoms with Gasteiger partial charge in [-0.1, -0.05) is 31.9 Å². The molecule has 4 heterocycles. The summed E-state index contributed by atoms with van der Waals surface area (Å²) in [5.41, 5.74) is 3.28. The Labute approximate surface area is 251 Å². The van der Waals surface area contributed by atoms with E-state index in [1.54, 1.807) is 18.3 Å². The number of aromatic nitrogens is 5. The highest BCUT2D eigenvalue weighted by atomic mass is 32.2. The van der Waals surface area contributed by atoms with Crippen molar-refractivity contribution in [3.63, 3.8) is 0 Å². The molecule has 1 saturated carbocycles. The molecule has 0 bridgehead atoms. The molecule has 43 heavy (non-hydrogen) atoms. The maximum Gasteiger partial charge on any atom is 0.285 e. The third-order valence-corrected chi connectivity index (χ3v) is 8.71. The van der Waals surface area contributed by atoms with E-state index in [9.17, 15) is 8.42 Å². The minimum atomic E-state index is -4.00. The van der Waals surface area contributed by atoms with E-state index < -0.39 is 15.9 Å². The number of imidazole rings is 1. The third-order valence-electron chi connectivity index (χ3n) is 8.29. The SMILES string of the molecule is CCN1CCN(Cc2ccc(N(OS(C)(=O)=O)c3ncc(F)c(-c4ccc5nc(C)n(C6CCCC6)c5c4)n3)nc2)CC1. The van der Waals surface area contributed by atoms with Gasteiger partial charge in [0.2, 0.25) is 0 Å². The van der Waals surface area contributed by atoms with Gasteiger partial charge in [0.05, 0.1) is 23.5 Å². The maximum atomic E-state index is 15.2. The number of piperazine rings is 1. The Morgan fingerprint density at radius 2 is 1.74 bits per heavy atom. The molecule has 3 aromatic heterocycles. The van der Waals surface area contributed by atoms with Crippen LogP contribution in [0.5, 0.6) is 0 Å². The third kappa shape index (κ3) is 6.54. The van der Waals surface area contributed by atoms with Gasteiger partial charge in [-0.2, -0.15) is 8.42 Å². The molecule has 0 amide bonds. The van der Waals surface area contributed by atoms with Crippen LogP contribution in [0.25, 0.3) is 22.3 Å². The molecule has 4 aromatic rings. The van der Waals surface area contributed by atoms with Crippen molar-refractivity contribution in [2.75, 3.05) is 44.0 Å². The summed E-state index contributed by atoms with van der Waals surface area (Å²) in [5, 5.41) is 0.924. The van der Waals surface area contributed by atoms with E-state index in [-0.39, 0.29) is 17.5 Å². The van der Waals surface area contributed by atoms with Crippen LogP contribution in [-0.4, -0.2) is 81.7 Å². The fraction of sp³-hybridized carbons (Fsp3) is 0.467. The van der Waals surface area contributed by atoms with E-state index in [0.717, 1.165) is 92.0 Å². The van der Waals surface area contributed by atoms with Gasteiger partial charge >= 0.3 is 0 Å². The van der Waals surface area contributed by atoms with Crippen LogP contribution < -0.4 is 5.06 Å². The molecule has 0 spiro atoms. The monoisotopic (exact) mass is 608 g/mol. The van der Waals surface area contributed by atoms with E-state index in [2.05, 4.69) is 36.2 Å². The second kappa shape index (κ2) is 12.2. The van der Waals surface area contributed by atoms with Crippen molar-refractivity contribution in [1.82, 2.24) is 34.3 Å². The van der Waals surface area contributed by atoms with Crippen molar-refractivity contribution in [3.8, 4) is 11.3 Å². The number of benzene rings is 1. The molecule has 2 fully saturated rings. The van der Waals surface area contributed by atoms with Crippen molar-refractivity contribution < 1.29 is 17.1 Å². The number of likely N-dealkylation sites (N-methyl/N-ethyl adjacent to an activating group) is 1. The quantitative estimate of drug-likeness (QED) is 0.250. The Bertz CT molecular complexity index is 1700. The zero-order valence-electron chi connectivity index (χ0n) is 24.8. The number of fused-ring (bicyclic) bond motifs is 1. The van der Waals surface area contributed by atoms with Crippen molar-refractivity contribution >= 4 is 32.9 Å². The van der Waals surface area contributed by atoms with E-state index in [1.165, 1.54) is 12.8 Å². The summed E-state index contributed by atoms with van der Waals surface area (Å²) in [5.74, 6) is 0.289. The van der Waals surface area contributed by atoms with Crippen molar-refractivity contribution in [2.24, 2.45) is 0 Å². The molecule has 0 atom stereocenters. The molecule has 1 aliphatic heterocycles. The second-order valence-electron chi connectivity index (χ2n) is 11.3. The lowest BCUT2D eigenvalue weighted by atomic mass is 10.1. The molecule has 228 valence electrons. The van der Waals surface area contributed by atoms with Crippen LogP contribution in [0, 0.1) is 12.7 Å². The normalized spacial score (nSPS) is 17.2. The first-order valence-electron chi connectivity index (χ1n) is 14.8. The maximum absolute atomic E-state index is 15.2. The highest BCUT2D eigenvalue weighted by Crippen LogP contribution is 2.35. The Morgan fingerprint density at radius 1 is 1.00 bits per heavy atom. The van der Waals surface area contributed by atoms with Gasteiger partial charge < -0.3 is 9.47 Å². The fourth-order valence-corrected chi connectivity index (χ4v) is 6.52. The molecule has 1 aliphatic carbocycles. The number of hydrogen-bond donors (Lipinski definition) is 0. The van der Waals surface area contributed by atoms with E-state index >= 15 is 4.39 Å². The summed E-state index contributed by atoms with van der Waals surface area (Å²) in [4.78, 5) is 22.5. The molecule has 1 aromatic carbocycles. The van der Waals surface area contributed by atoms with Gasteiger partial charge in [0.15, 0.2) is 11.6 Å². The van der Waals surface area contributed by atoms with Gasteiger partial charge in [-0.25, -0.2) is 24.3 Å². The molecule has 6 rings (SSSR count). The highest BCUT2D eigenvalue weighted by molar-refractivity contribution is 7.86. The van der Waals surface area contributed by atoms with Crippen LogP contribution in [0.2, 0.25) is 0 Å². The summed E-state index contributed by atoms with van der Waals surface area (Å²) in [6.07, 6.45) is 8.15. The Kier molecular flexibility index (Phi) is 8.40. The van der Waals surface area contributed by atoms with Gasteiger partial charge in [-0.05, 0) is 50.1 Å². The predicted octanol–water partition coefficient (Wildman–Crippen LogP) is 4.62. The van der Waals surface area contributed by atoms with Crippen LogP contribution in [0.1, 0.15) is 50.0 Å². The average Bonchev–Trinajstić information content (AvgIpc) is 3.63. The van der Waals surface area contributed by atoms with E-state index in [4.69, 9.17) is 9.27 Å². The zero-order valence-corrected chi connectivity index (χ0v) is 25.6. The summed E-state index contributed by atoms with van der Waals surface area (Å²) in [6, 6.07) is 9.40. The molecular formula is C30H37FN8O3S. The number of halogens is 1. The molecular weight excluding hydrogens is 571 g/mol. The molecule has 0 unspecified atom stereocenters. The van der Waals surface area contributed by atoms with Crippen LogP contribution in [0.3, 0.4) is 0 Å². The summed E-state index contributed by atoms with van der Waals surface area (Å²) >= 11 is 0. The summed E-state index contributed by atoms with van der Waals surface area (Å²) in [7, 11) is -4.00. The van der Waals surface area contributed by atoms with Crippen molar-refractivity contribution in [1.29, 1.82) is 0 Å². The predicted molar refractivity (Wildman–Crippen MR) is 163 cm³/mol. The second-order valence-corrected chi connectivity index (χ2v) is 12.9. The number of pyridine rings is 1. The molecule has 13 heteroatoms. The minimum Gasteiger partial charge on any atom is -0.325 e. The topological polar surface area (TPSA) is 110 Å². The number of rotatable bonds is 9. The summed E-state index contributed by atoms with van der Waals surface area (Å²) < 4.78 is 47.3. The first kappa shape index (κ1) is 29.5. The Hall–Kier alpha value is -3.52. The largest absolute Gasteiger partial charge is 0.325 e. The van der Waals surface area contributed by atoms with Crippen molar-refractivity contribution in [2.45, 2.75) is 52.1 Å². The van der Waals surface area contributed by atoms with Crippen LogP contribution >= 0.6 is 0 Å². The number of nitrogens with zero attached hydrogens (tertiary/aromatic N) is 8. The lowest BCUT2D eigenvalue weighted by Crippen LogP contribution is -2.45. The minimum absolute atomic E-state index is 0.0219. The van der Waals surface area contributed by atoms with Gasteiger partial charge in [0.25, 0.3) is 16.1 Å². The Balaban J connectivity index is 1.31. The molecule has 1 saturated heterocycles. The molecule has 2 aliphatic rings. The number of anilines is 2. The average molecular weight is 609 g/mol. The lowest BCUT2D eigenvalue weighted by molar-refractivity contribution is 0.132. The fourth-order valence-electron chi connectivity index (χ4n) is 6.10. The molecule has 0 N–H and O–H groups in total. The number of hydrogen-bond acceptors (Lipinski definition) is 10. The van der Waals surface area contributed by atoms with Gasteiger partial charge in [0, 0.05) is 50.5 Å². The van der Waals surface area contributed by atoms with E-state index in [0.29, 0.717) is 11.6 Å². The molecule has 11 nitrogen and oxygen atoms in total. The van der Waals surface area contributed by atoms with E-state index in [1.807, 2.05) is 25.1 Å².